The van der Waals surface area contributed by atoms with Gasteiger partial charge in [0.25, 0.3) is 0 Å². The Bertz CT molecular complexity index is 2880. The molecular formula is C53H38N2. The van der Waals surface area contributed by atoms with Crippen molar-refractivity contribution in [1.29, 1.82) is 0 Å². The molecule has 2 aliphatic rings. The maximum atomic E-state index is 2.51. The molecule has 0 saturated heterocycles. The van der Waals surface area contributed by atoms with Crippen LogP contribution in [0.2, 0.25) is 0 Å². The quantitative estimate of drug-likeness (QED) is 0.167. The molecular weight excluding hydrogens is 665 g/mol. The monoisotopic (exact) mass is 702 g/mol. The molecule has 2 aliphatic carbocycles. The third-order valence-electron chi connectivity index (χ3n) is 11.9. The lowest BCUT2D eigenvalue weighted by Gasteiger charge is -2.34. The summed E-state index contributed by atoms with van der Waals surface area (Å²) in [6.07, 6.45) is 6.64. The summed E-state index contributed by atoms with van der Waals surface area (Å²) in [6, 6.07) is 71.8. The Morgan fingerprint density at radius 1 is 0.473 bits per heavy atom. The molecule has 260 valence electrons. The zero-order valence-electron chi connectivity index (χ0n) is 30.4. The van der Waals surface area contributed by atoms with Crippen LogP contribution in [-0.2, 0) is 11.8 Å². The molecule has 1 aromatic heterocycles. The summed E-state index contributed by atoms with van der Waals surface area (Å²) in [5.74, 6) is 0. The zero-order chi connectivity index (χ0) is 36.3. The second-order valence-electron chi connectivity index (χ2n) is 14.8. The molecule has 8 aromatic carbocycles. The van der Waals surface area contributed by atoms with Gasteiger partial charge < -0.3 is 9.47 Å². The SMILES string of the molecule is C1=Cc2cccc(N(c3ccc4c(c3)-c3ccccc3C4(c3ccccc3)c3ccccc3)c3ccc4c5ccccc5n(-c5ccccc5)c4c3)c2CC1. The highest BCUT2D eigenvalue weighted by molar-refractivity contribution is 6.10. The molecule has 2 heteroatoms. The summed E-state index contributed by atoms with van der Waals surface area (Å²) in [5.41, 5.74) is 17.1. The van der Waals surface area contributed by atoms with E-state index in [1.165, 1.54) is 72.0 Å². The normalized spacial score (nSPS) is 13.7. The number of aromatic nitrogens is 1. The Labute approximate surface area is 321 Å². The van der Waals surface area contributed by atoms with Crippen LogP contribution < -0.4 is 4.90 Å². The number of hydrogen-bond donors (Lipinski definition) is 0. The number of rotatable bonds is 6. The lowest BCUT2D eigenvalue weighted by molar-refractivity contribution is 0.768. The molecule has 2 nitrogen and oxygen atoms in total. The highest BCUT2D eigenvalue weighted by atomic mass is 15.1. The van der Waals surface area contributed by atoms with Gasteiger partial charge in [0, 0.05) is 33.5 Å². The molecule has 0 fully saturated rings. The van der Waals surface area contributed by atoms with Crippen molar-refractivity contribution in [1.82, 2.24) is 4.57 Å². The van der Waals surface area contributed by atoms with Gasteiger partial charge in [0.2, 0.25) is 0 Å². The van der Waals surface area contributed by atoms with Crippen LogP contribution in [0.5, 0.6) is 0 Å². The molecule has 0 atom stereocenters. The number of para-hydroxylation sites is 2. The van der Waals surface area contributed by atoms with E-state index in [1.807, 2.05) is 0 Å². The predicted molar refractivity (Wildman–Crippen MR) is 230 cm³/mol. The average molecular weight is 703 g/mol. The highest BCUT2D eigenvalue weighted by Crippen LogP contribution is 2.57. The van der Waals surface area contributed by atoms with E-state index in [0.29, 0.717) is 0 Å². The smallest absolute Gasteiger partial charge is 0.0713 e. The van der Waals surface area contributed by atoms with Crippen LogP contribution in [0.25, 0.3) is 44.7 Å². The first kappa shape index (κ1) is 31.6. The summed E-state index contributed by atoms with van der Waals surface area (Å²) in [6.45, 7) is 0. The number of benzene rings is 8. The van der Waals surface area contributed by atoms with E-state index < -0.39 is 5.41 Å². The minimum absolute atomic E-state index is 0.440. The number of allylic oxidation sites excluding steroid dienone is 1. The van der Waals surface area contributed by atoms with Crippen LogP contribution in [0.15, 0.2) is 200 Å². The summed E-state index contributed by atoms with van der Waals surface area (Å²) in [5, 5.41) is 2.51. The van der Waals surface area contributed by atoms with E-state index in [-0.39, 0.29) is 0 Å². The van der Waals surface area contributed by atoms with E-state index >= 15 is 0 Å². The molecule has 0 amide bonds. The van der Waals surface area contributed by atoms with Crippen LogP contribution in [-0.4, -0.2) is 4.57 Å². The lowest BCUT2D eigenvalue weighted by Crippen LogP contribution is -2.28. The fourth-order valence-electron chi connectivity index (χ4n) is 9.62. The fraction of sp³-hybridized carbons (Fsp3) is 0.0566. The molecule has 0 saturated carbocycles. The summed E-state index contributed by atoms with van der Waals surface area (Å²) < 4.78 is 2.42. The lowest BCUT2D eigenvalue weighted by atomic mass is 9.68. The average Bonchev–Trinajstić information content (AvgIpc) is 3.75. The molecule has 0 unspecified atom stereocenters. The third kappa shape index (κ3) is 4.74. The molecule has 0 spiro atoms. The van der Waals surface area contributed by atoms with E-state index in [2.05, 4.69) is 216 Å². The van der Waals surface area contributed by atoms with Gasteiger partial charge >= 0.3 is 0 Å². The van der Waals surface area contributed by atoms with Crippen LogP contribution in [0.1, 0.15) is 39.8 Å². The van der Waals surface area contributed by atoms with E-state index in [4.69, 9.17) is 0 Å². The van der Waals surface area contributed by atoms with Crippen LogP contribution in [0, 0.1) is 0 Å². The van der Waals surface area contributed by atoms with Crippen LogP contribution in [0.4, 0.5) is 17.1 Å². The first-order chi connectivity index (χ1) is 27.3. The standard InChI is InChI=1S/C53H38N2/c1-4-19-38(20-5-1)53(39-21-6-2-7-22-39)48-28-14-12-26-44(48)47-35-41(32-34-49(47)53)54(50-30-16-18-37-17-10-11-25-43(37)50)42-31-33-46-45-27-13-15-29-51(45)55(52(46)36-42)40-23-8-3-9-24-40/h1-10,12-24,26-36H,11,25H2. The second kappa shape index (κ2) is 12.6. The third-order valence-corrected chi connectivity index (χ3v) is 11.9. The van der Waals surface area contributed by atoms with Gasteiger partial charge in [-0.15, -0.1) is 0 Å². The number of fused-ring (bicyclic) bond motifs is 7. The second-order valence-corrected chi connectivity index (χ2v) is 14.8. The van der Waals surface area contributed by atoms with Crippen molar-refractivity contribution in [2.75, 3.05) is 4.90 Å². The molecule has 11 rings (SSSR count). The molecule has 0 N–H and O–H groups in total. The Morgan fingerprint density at radius 3 is 1.91 bits per heavy atom. The van der Waals surface area contributed by atoms with Gasteiger partial charge in [-0.2, -0.15) is 0 Å². The van der Waals surface area contributed by atoms with Crippen molar-refractivity contribution >= 4 is 44.9 Å². The predicted octanol–water partition coefficient (Wildman–Crippen LogP) is 13.6. The van der Waals surface area contributed by atoms with Crippen molar-refractivity contribution in [2.24, 2.45) is 0 Å². The van der Waals surface area contributed by atoms with Gasteiger partial charge in [-0.05, 0) is 106 Å². The molecule has 1 heterocycles. The Balaban J connectivity index is 1.19. The van der Waals surface area contributed by atoms with Crippen molar-refractivity contribution in [3.05, 3.63) is 234 Å². The molecule has 55 heavy (non-hydrogen) atoms. The number of nitrogens with zero attached hydrogens (tertiary/aromatic N) is 2. The minimum Gasteiger partial charge on any atom is -0.310 e. The van der Waals surface area contributed by atoms with Gasteiger partial charge in [-0.3, -0.25) is 0 Å². The first-order valence-corrected chi connectivity index (χ1v) is 19.3. The zero-order valence-corrected chi connectivity index (χ0v) is 30.4. The van der Waals surface area contributed by atoms with E-state index in [0.717, 1.165) is 29.9 Å². The van der Waals surface area contributed by atoms with Crippen molar-refractivity contribution < 1.29 is 0 Å². The molecule has 0 aliphatic heterocycles. The van der Waals surface area contributed by atoms with Crippen molar-refractivity contribution in [3.63, 3.8) is 0 Å². The maximum absolute atomic E-state index is 2.51. The van der Waals surface area contributed by atoms with Crippen molar-refractivity contribution in [3.8, 4) is 16.8 Å². The topological polar surface area (TPSA) is 8.17 Å². The van der Waals surface area contributed by atoms with Crippen LogP contribution >= 0.6 is 0 Å². The summed E-state index contributed by atoms with van der Waals surface area (Å²) in [4.78, 5) is 2.51. The van der Waals surface area contributed by atoms with Gasteiger partial charge in [0.15, 0.2) is 0 Å². The molecule has 0 radical (unpaired) electrons. The summed E-state index contributed by atoms with van der Waals surface area (Å²) in [7, 11) is 0. The maximum Gasteiger partial charge on any atom is 0.0713 e. The van der Waals surface area contributed by atoms with Crippen LogP contribution in [0.3, 0.4) is 0 Å². The first-order valence-electron chi connectivity index (χ1n) is 19.3. The van der Waals surface area contributed by atoms with Gasteiger partial charge in [0.1, 0.15) is 0 Å². The van der Waals surface area contributed by atoms with Crippen molar-refractivity contribution in [2.45, 2.75) is 18.3 Å². The number of hydrogen-bond acceptors (Lipinski definition) is 1. The highest BCUT2D eigenvalue weighted by Gasteiger charge is 2.46. The fourth-order valence-corrected chi connectivity index (χ4v) is 9.62. The van der Waals surface area contributed by atoms with Gasteiger partial charge in [-0.25, -0.2) is 0 Å². The van der Waals surface area contributed by atoms with E-state index in [9.17, 15) is 0 Å². The Hall–Kier alpha value is -6.90. The minimum atomic E-state index is -0.440. The van der Waals surface area contributed by atoms with Gasteiger partial charge in [0.05, 0.1) is 16.4 Å². The molecule has 9 aromatic rings. The molecule has 0 bridgehead atoms. The summed E-state index contributed by atoms with van der Waals surface area (Å²) >= 11 is 0. The van der Waals surface area contributed by atoms with E-state index in [1.54, 1.807) is 0 Å². The Kier molecular flexibility index (Phi) is 7.25. The largest absolute Gasteiger partial charge is 0.310 e. The Morgan fingerprint density at radius 2 is 1.11 bits per heavy atom. The van der Waals surface area contributed by atoms with Gasteiger partial charge in [-0.1, -0.05) is 158 Å². The number of anilines is 3.